The third-order valence-corrected chi connectivity index (χ3v) is 5.35. The van der Waals surface area contributed by atoms with Gasteiger partial charge >= 0.3 is 0 Å². The minimum absolute atomic E-state index is 0.0288. The highest BCUT2D eigenvalue weighted by atomic mass is 32.2. The van der Waals surface area contributed by atoms with Crippen LogP contribution < -0.4 is 0 Å². The standard InChI is InChI=1S/C18H21N3OS/c1-2-12-21-17(13-14-8-4-3-5-9-14)19-20-18(21)23-16-11-7-6-10-15(16)22/h2-5,8-9,16H,1,6-7,10-13H2. The van der Waals surface area contributed by atoms with Gasteiger partial charge in [0.05, 0.1) is 5.25 Å². The molecule has 0 aliphatic heterocycles. The number of benzene rings is 1. The second-order valence-electron chi connectivity index (χ2n) is 5.78. The van der Waals surface area contributed by atoms with E-state index in [0.29, 0.717) is 18.7 Å². The average Bonchev–Trinajstić information content (AvgIpc) is 2.93. The van der Waals surface area contributed by atoms with Gasteiger partial charge in [0.1, 0.15) is 11.6 Å². The molecule has 3 rings (SSSR count). The Morgan fingerprint density at radius 2 is 2.09 bits per heavy atom. The number of thioether (sulfide) groups is 1. The van der Waals surface area contributed by atoms with Crippen molar-refractivity contribution < 1.29 is 4.79 Å². The molecule has 1 aliphatic carbocycles. The van der Waals surface area contributed by atoms with Gasteiger partial charge in [0.25, 0.3) is 0 Å². The van der Waals surface area contributed by atoms with Crippen LogP contribution >= 0.6 is 11.8 Å². The van der Waals surface area contributed by atoms with Crippen LogP contribution in [0.5, 0.6) is 0 Å². The zero-order chi connectivity index (χ0) is 16.1. The minimum Gasteiger partial charge on any atom is -0.302 e. The molecule has 2 aromatic rings. The Hall–Kier alpha value is -1.88. The molecule has 0 bridgehead atoms. The van der Waals surface area contributed by atoms with E-state index in [1.54, 1.807) is 11.8 Å². The van der Waals surface area contributed by atoms with Crippen molar-refractivity contribution in [3.63, 3.8) is 0 Å². The smallest absolute Gasteiger partial charge is 0.192 e. The van der Waals surface area contributed by atoms with Crippen LogP contribution in [0.25, 0.3) is 0 Å². The molecule has 5 heteroatoms. The number of ketones is 1. The van der Waals surface area contributed by atoms with E-state index in [1.807, 2.05) is 24.3 Å². The third kappa shape index (κ3) is 3.91. The second kappa shape index (κ2) is 7.59. The van der Waals surface area contributed by atoms with Crippen molar-refractivity contribution in [1.82, 2.24) is 14.8 Å². The monoisotopic (exact) mass is 327 g/mol. The first-order valence-corrected chi connectivity index (χ1v) is 8.92. The molecule has 1 aromatic heterocycles. The van der Waals surface area contributed by atoms with Gasteiger partial charge in [-0.05, 0) is 18.4 Å². The Balaban J connectivity index is 1.80. The molecular formula is C18H21N3OS. The molecule has 1 unspecified atom stereocenters. The summed E-state index contributed by atoms with van der Waals surface area (Å²) >= 11 is 1.56. The second-order valence-corrected chi connectivity index (χ2v) is 6.95. The molecule has 1 aliphatic rings. The van der Waals surface area contributed by atoms with E-state index in [0.717, 1.165) is 36.7 Å². The molecule has 0 radical (unpaired) electrons. The van der Waals surface area contributed by atoms with Crippen LogP contribution in [0.3, 0.4) is 0 Å². The lowest BCUT2D eigenvalue weighted by molar-refractivity contribution is -0.119. The van der Waals surface area contributed by atoms with Gasteiger partial charge in [0.2, 0.25) is 0 Å². The third-order valence-electron chi connectivity index (χ3n) is 4.06. The first-order valence-electron chi connectivity index (χ1n) is 8.04. The molecule has 0 amide bonds. The Labute approximate surface area is 141 Å². The summed E-state index contributed by atoms with van der Waals surface area (Å²) in [5, 5.41) is 9.55. The fraction of sp³-hybridized carbons (Fsp3) is 0.389. The number of aromatic nitrogens is 3. The predicted octanol–water partition coefficient (Wildman–Crippen LogP) is 3.66. The predicted molar refractivity (Wildman–Crippen MR) is 92.6 cm³/mol. The van der Waals surface area contributed by atoms with Gasteiger partial charge in [0.15, 0.2) is 5.16 Å². The maximum atomic E-state index is 12.1. The van der Waals surface area contributed by atoms with Gasteiger partial charge in [-0.2, -0.15) is 0 Å². The minimum atomic E-state index is 0.0288. The molecule has 1 fully saturated rings. The first-order chi connectivity index (χ1) is 11.3. The summed E-state index contributed by atoms with van der Waals surface area (Å²) in [4.78, 5) is 12.1. The molecule has 0 spiro atoms. The number of rotatable bonds is 6. The van der Waals surface area contributed by atoms with Gasteiger partial charge in [-0.3, -0.25) is 4.79 Å². The Morgan fingerprint density at radius 3 is 2.83 bits per heavy atom. The summed E-state index contributed by atoms with van der Waals surface area (Å²) in [5.74, 6) is 1.26. The summed E-state index contributed by atoms with van der Waals surface area (Å²) in [7, 11) is 0. The lowest BCUT2D eigenvalue weighted by Gasteiger charge is -2.19. The highest BCUT2D eigenvalue weighted by Gasteiger charge is 2.25. The number of hydrogen-bond acceptors (Lipinski definition) is 4. The van der Waals surface area contributed by atoms with E-state index in [-0.39, 0.29) is 5.25 Å². The van der Waals surface area contributed by atoms with E-state index < -0.39 is 0 Å². The van der Waals surface area contributed by atoms with Gasteiger partial charge in [-0.25, -0.2) is 0 Å². The summed E-state index contributed by atoms with van der Waals surface area (Å²) < 4.78 is 2.08. The lowest BCUT2D eigenvalue weighted by atomic mass is 9.99. The topological polar surface area (TPSA) is 47.8 Å². The summed E-state index contributed by atoms with van der Waals surface area (Å²) in [5.41, 5.74) is 1.20. The highest BCUT2D eigenvalue weighted by molar-refractivity contribution is 8.00. The van der Waals surface area contributed by atoms with Gasteiger partial charge < -0.3 is 4.57 Å². The SMILES string of the molecule is C=CCn1c(Cc2ccccc2)nnc1SC1CCCCC1=O. The normalized spacial score (nSPS) is 18.1. The Kier molecular flexibility index (Phi) is 5.28. The van der Waals surface area contributed by atoms with Gasteiger partial charge in [-0.1, -0.05) is 54.6 Å². The van der Waals surface area contributed by atoms with E-state index in [1.165, 1.54) is 5.56 Å². The molecule has 1 saturated carbocycles. The summed E-state index contributed by atoms with van der Waals surface area (Å²) in [6, 6.07) is 10.2. The van der Waals surface area contributed by atoms with Crippen LogP contribution in [0.4, 0.5) is 0 Å². The Bertz CT molecular complexity index is 681. The van der Waals surface area contributed by atoms with Gasteiger partial charge in [-0.15, -0.1) is 16.8 Å². The molecule has 4 nitrogen and oxygen atoms in total. The van der Waals surface area contributed by atoms with E-state index in [2.05, 4.69) is 33.5 Å². The molecule has 1 heterocycles. The zero-order valence-corrected chi connectivity index (χ0v) is 14.0. The number of hydrogen-bond donors (Lipinski definition) is 0. The zero-order valence-electron chi connectivity index (χ0n) is 13.1. The maximum absolute atomic E-state index is 12.1. The van der Waals surface area contributed by atoms with Crippen LogP contribution in [0.1, 0.15) is 37.1 Å². The molecule has 23 heavy (non-hydrogen) atoms. The van der Waals surface area contributed by atoms with Crippen molar-refractivity contribution in [3.8, 4) is 0 Å². The molecule has 1 atom stereocenters. The summed E-state index contributed by atoms with van der Waals surface area (Å²) in [6.07, 6.45) is 6.37. The van der Waals surface area contributed by atoms with Crippen LogP contribution in [0, 0.1) is 0 Å². The fourth-order valence-corrected chi connectivity index (χ4v) is 4.01. The number of carbonyl (C=O) groups is 1. The largest absolute Gasteiger partial charge is 0.302 e. The highest BCUT2D eigenvalue weighted by Crippen LogP contribution is 2.31. The van der Waals surface area contributed by atoms with Crippen LogP contribution in [-0.4, -0.2) is 25.8 Å². The maximum Gasteiger partial charge on any atom is 0.192 e. The first kappa shape index (κ1) is 16.0. The Morgan fingerprint density at radius 1 is 1.26 bits per heavy atom. The number of Topliss-reactive ketones (excluding diaryl/α,β-unsaturated/α-hetero) is 1. The molecule has 120 valence electrons. The van der Waals surface area contributed by atoms with Crippen molar-refractivity contribution in [1.29, 1.82) is 0 Å². The fourth-order valence-electron chi connectivity index (χ4n) is 2.83. The van der Waals surface area contributed by atoms with Crippen LogP contribution in [0.15, 0.2) is 48.1 Å². The average molecular weight is 327 g/mol. The molecule has 0 saturated heterocycles. The van der Waals surface area contributed by atoms with Gasteiger partial charge in [0, 0.05) is 19.4 Å². The van der Waals surface area contributed by atoms with Crippen LogP contribution in [0.2, 0.25) is 0 Å². The van der Waals surface area contributed by atoms with Crippen molar-refractivity contribution in [3.05, 3.63) is 54.4 Å². The van der Waals surface area contributed by atoms with E-state index in [4.69, 9.17) is 0 Å². The molecular weight excluding hydrogens is 306 g/mol. The van der Waals surface area contributed by atoms with Crippen molar-refractivity contribution in [2.45, 2.75) is 49.1 Å². The molecule has 1 aromatic carbocycles. The van der Waals surface area contributed by atoms with Crippen molar-refractivity contribution in [2.24, 2.45) is 0 Å². The van der Waals surface area contributed by atoms with Crippen LogP contribution in [-0.2, 0) is 17.8 Å². The lowest BCUT2D eigenvalue weighted by Crippen LogP contribution is -2.22. The number of allylic oxidation sites excluding steroid dienone is 1. The number of carbonyl (C=O) groups excluding carboxylic acids is 1. The number of nitrogens with zero attached hydrogens (tertiary/aromatic N) is 3. The van der Waals surface area contributed by atoms with E-state index in [9.17, 15) is 4.79 Å². The van der Waals surface area contributed by atoms with Crippen molar-refractivity contribution >= 4 is 17.5 Å². The molecule has 0 N–H and O–H groups in total. The quantitative estimate of drug-likeness (QED) is 0.760. The van der Waals surface area contributed by atoms with Crippen molar-refractivity contribution in [2.75, 3.05) is 0 Å². The van der Waals surface area contributed by atoms with E-state index >= 15 is 0 Å². The summed E-state index contributed by atoms with van der Waals surface area (Å²) in [6.45, 7) is 4.50.